The summed E-state index contributed by atoms with van der Waals surface area (Å²) in [4.78, 5) is 8.99. The van der Waals surface area contributed by atoms with Crippen LogP contribution in [0, 0.1) is 0 Å². The average Bonchev–Trinajstić information content (AvgIpc) is 2.22. The maximum atomic E-state index is 12.4. The Kier molecular flexibility index (Phi) is 6.19. The molecular formula is C8H14F5O4P. The van der Waals surface area contributed by atoms with Crippen LogP contribution < -0.4 is 0 Å². The van der Waals surface area contributed by atoms with Gasteiger partial charge in [0.05, 0.1) is 6.10 Å². The van der Waals surface area contributed by atoms with E-state index in [0.29, 0.717) is 12.8 Å². The van der Waals surface area contributed by atoms with Crippen LogP contribution in [0.15, 0.2) is 0 Å². The van der Waals surface area contributed by atoms with E-state index in [0.717, 1.165) is 0 Å². The van der Waals surface area contributed by atoms with Gasteiger partial charge in [0.15, 0.2) is 0 Å². The summed E-state index contributed by atoms with van der Waals surface area (Å²) < 4.78 is 79.4. The van der Waals surface area contributed by atoms with Gasteiger partial charge in [0.2, 0.25) is 0 Å². The first-order chi connectivity index (χ1) is 7.95. The predicted molar refractivity (Wildman–Crippen MR) is 52.2 cm³/mol. The first kappa shape index (κ1) is 17.8. The second-order valence-electron chi connectivity index (χ2n) is 3.49. The van der Waals surface area contributed by atoms with Gasteiger partial charge in [-0.1, -0.05) is 13.8 Å². The van der Waals surface area contributed by atoms with Gasteiger partial charge < -0.3 is 4.89 Å². The molecule has 0 aliphatic carbocycles. The van der Waals surface area contributed by atoms with Crippen molar-refractivity contribution in [3.63, 3.8) is 0 Å². The van der Waals surface area contributed by atoms with E-state index < -0.39 is 32.6 Å². The molecule has 0 aliphatic heterocycles. The van der Waals surface area contributed by atoms with Crippen LogP contribution in [-0.4, -0.2) is 29.7 Å². The van der Waals surface area contributed by atoms with Crippen molar-refractivity contribution in [2.24, 2.45) is 0 Å². The number of phosphoric acid groups is 1. The number of phosphoric ester groups is 1. The average molecular weight is 300 g/mol. The van der Waals surface area contributed by atoms with Crippen molar-refractivity contribution in [1.82, 2.24) is 0 Å². The van der Waals surface area contributed by atoms with E-state index in [2.05, 4.69) is 9.05 Å². The van der Waals surface area contributed by atoms with E-state index >= 15 is 0 Å². The number of alkyl halides is 5. The van der Waals surface area contributed by atoms with Crippen molar-refractivity contribution in [3.8, 4) is 0 Å². The zero-order chi connectivity index (χ0) is 14.6. The van der Waals surface area contributed by atoms with Gasteiger partial charge in [-0.3, -0.25) is 9.05 Å². The Labute approximate surface area is 101 Å². The molecule has 1 atom stereocenters. The molecule has 0 aliphatic rings. The van der Waals surface area contributed by atoms with Crippen LogP contribution >= 0.6 is 7.82 Å². The second kappa shape index (κ2) is 6.27. The molecule has 0 aromatic rings. The van der Waals surface area contributed by atoms with Gasteiger partial charge in [-0.25, -0.2) is 4.57 Å². The Morgan fingerprint density at radius 1 is 1.17 bits per heavy atom. The summed E-state index contributed by atoms with van der Waals surface area (Å²) >= 11 is 0. The van der Waals surface area contributed by atoms with E-state index in [4.69, 9.17) is 4.89 Å². The summed E-state index contributed by atoms with van der Waals surface area (Å²) in [5.41, 5.74) is 0. The summed E-state index contributed by atoms with van der Waals surface area (Å²) in [6.07, 6.45) is -6.01. The molecule has 4 nitrogen and oxygen atoms in total. The normalized spacial score (nSPS) is 16.9. The third-order valence-electron chi connectivity index (χ3n) is 2.02. The van der Waals surface area contributed by atoms with Crippen LogP contribution in [-0.2, 0) is 13.6 Å². The Morgan fingerprint density at radius 3 is 1.94 bits per heavy atom. The SMILES string of the molecule is CCC(CC)OP(=O)(O)OCC(F)(F)C(F)(F)F. The molecule has 0 saturated heterocycles. The minimum absolute atomic E-state index is 0.292. The van der Waals surface area contributed by atoms with E-state index in [1.165, 1.54) is 0 Å². The number of halogens is 5. The van der Waals surface area contributed by atoms with Crippen LogP contribution in [0.5, 0.6) is 0 Å². The molecule has 0 fully saturated rings. The zero-order valence-corrected chi connectivity index (χ0v) is 10.6. The highest BCUT2D eigenvalue weighted by atomic mass is 31.2. The molecule has 0 bridgehead atoms. The van der Waals surface area contributed by atoms with Crippen LogP contribution in [0.3, 0.4) is 0 Å². The van der Waals surface area contributed by atoms with E-state index in [9.17, 15) is 26.5 Å². The summed E-state index contributed by atoms with van der Waals surface area (Å²) in [7, 11) is -4.93. The van der Waals surface area contributed by atoms with E-state index in [1.54, 1.807) is 13.8 Å². The second-order valence-corrected chi connectivity index (χ2v) is 4.89. The van der Waals surface area contributed by atoms with Crippen molar-refractivity contribution in [1.29, 1.82) is 0 Å². The third-order valence-corrected chi connectivity index (χ3v) is 3.04. The molecule has 0 heterocycles. The highest BCUT2D eigenvalue weighted by Gasteiger charge is 2.58. The van der Waals surface area contributed by atoms with Gasteiger partial charge in [-0.05, 0) is 12.8 Å². The van der Waals surface area contributed by atoms with Gasteiger partial charge in [-0.2, -0.15) is 22.0 Å². The molecule has 110 valence electrons. The monoisotopic (exact) mass is 300 g/mol. The molecule has 1 unspecified atom stereocenters. The lowest BCUT2D eigenvalue weighted by atomic mass is 10.2. The molecule has 10 heteroatoms. The summed E-state index contributed by atoms with van der Waals surface area (Å²) in [5.74, 6) is -5.21. The highest BCUT2D eigenvalue weighted by molar-refractivity contribution is 7.47. The molecule has 0 aromatic heterocycles. The van der Waals surface area contributed by atoms with Crippen molar-refractivity contribution in [2.45, 2.75) is 44.9 Å². The number of hydrogen-bond acceptors (Lipinski definition) is 3. The van der Waals surface area contributed by atoms with E-state index in [-0.39, 0.29) is 0 Å². The Hall–Kier alpha value is -0.240. The van der Waals surface area contributed by atoms with Gasteiger partial charge >= 0.3 is 19.9 Å². The topological polar surface area (TPSA) is 55.8 Å². The minimum Gasteiger partial charge on any atom is -0.302 e. The molecule has 0 rings (SSSR count). The smallest absolute Gasteiger partial charge is 0.302 e. The van der Waals surface area contributed by atoms with Crippen LogP contribution in [0.2, 0.25) is 0 Å². The summed E-state index contributed by atoms with van der Waals surface area (Å²) in [5, 5.41) is 0. The van der Waals surface area contributed by atoms with E-state index in [1.807, 2.05) is 0 Å². The number of hydrogen-bond donors (Lipinski definition) is 1. The first-order valence-electron chi connectivity index (χ1n) is 5.05. The van der Waals surface area contributed by atoms with Gasteiger partial charge in [0.25, 0.3) is 0 Å². The van der Waals surface area contributed by atoms with Gasteiger partial charge in [-0.15, -0.1) is 0 Å². The molecule has 0 saturated carbocycles. The zero-order valence-electron chi connectivity index (χ0n) is 9.71. The van der Waals surface area contributed by atoms with Gasteiger partial charge in [0.1, 0.15) is 6.61 Å². The molecule has 0 aromatic carbocycles. The van der Waals surface area contributed by atoms with Crippen LogP contribution in [0.1, 0.15) is 26.7 Å². The van der Waals surface area contributed by atoms with Crippen LogP contribution in [0.4, 0.5) is 22.0 Å². The predicted octanol–water partition coefficient (Wildman–Crippen LogP) is 3.51. The maximum absolute atomic E-state index is 12.4. The third kappa shape index (κ3) is 5.60. The Morgan fingerprint density at radius 2 is 1.61 bits per heavy atom. The standard InChI is InChI=1S/C8H14F5O4P/c1-3-6(4-2)17-18(14,15)16-5-7(9,10)8(11,12)13/h6H,3-5H2,1-2H3,(H,14,15). The molecular weight excluding hydrogens is 286 g/mol. The van der Waals surface area contributed by atoms with Crippen molar-refractivity contribution < 1.29 is 40.5 Å². The molecule has 18 heavy (non-hydrogen) atoms. The Balaban J connectivity index is 4.48. The minimum atomic E-state index is -5.85. The summed E-state index contributed by atoms with van der Waals surface area (Å²) in [6.45, 7) is 0.932. The van der Waals surface area contributed by atoms with Gasteiger partial charge in [0, 0.05) is 0 Å². The van der Waals surface area contributed by atoms with Crippen molar-refractivity contribution >= 4 is 7.82 Å². The fourth-order valence-corrected chi connectivity index (χ4v) is 1.96. The lowest BCUT2D eigenvalue weighted by Crippen LogP contribution is -2.40. The fourth-order valence-electron chi connectivity index (χ4n) is 0.901. The lowest BCUT2D eigenvalue weighted by Gasteiger charge is -2.22. The molecule has 0 spiro atoms. The largest absolute Gasteiger partial charge is 0.472 e. The molecule has 1 N–H and O–H groups in total. The highest BCUT2D eigenvalue weighted by Crippen LogP contribution is 2.48. The Bertz CT molecular complexity index is 302. The first-order valence-corrected chi connectivity index (χ1v) is 6.55. The van der Waals surface area contributed by atoms with Crippen molar-refractivity contribution in [2.75, 3.05) is 6.61 Å². The molecule has 0 amide bonds. The number of rotatable bonds is 7. The van der Waals surface area contributed by atoms with Crippen LogP contribution in [0.25, 0.3) is 0 Å². The summed E-state index contributed by atoms with van der Waals surface area (Å²) in [6, 6.07) is 0. The lowest BCUT2D eigenvalue weighted by molar-refractivity contribution is -0.291. The van der Waals surface area contributed by atoms with Crippen molar-refractivity contribution in [3.05, 3.63) is 0 Å². The quantitative estimate of drug-likeness (QED) is 0.577. The maximum Gasteiger partial charge on any atom is 0.472 e. The fraction of sp³-hybridized carbons (Fsp3) is 1.00. The molecule has 0 radical (unpaired) electrons.